The minimum Gasteiger partial charge on any atom is -0.507 e. The molecule has 3 rings (SSSR count). The minimum absolute atomic E-state index is 0.0489. The van der Waals surface area contributed by atoms with Gasteiger partial charge in [-0.2, -0.15) is 0 Å². The largest absolute Gasteiger partial charge is 0.507 e. The first-order valence-corrected chi connectivity index (χ1v) is 9.98. The number of hydrogen-bond acceptors (Lipinski definition) is 7. The van der Waals surface area contributed by atoms with Gasteiger partial charge in [-0.15, -0.1) is 0 Å². The zero-order valence-electron chi connectivity index (χ0n) is 18.4. The normalized spacial score (nSPS) is 17.8. The molecule has 1 fully saturated rings. The molecule has 0 bridgehead atoms. The van der Waals surface area contributed by atoms with Crippen molar-refractivity contribution in [2.24, 2.45) is 0 Å². The first kappa shape index (κ1) is 23.0. The molecule has 0 unspecified atom stereocenters. The second kappa shape index (κ2) is 9.19. The standard InChI is InChI=1S/C23H25N3O6/c1-14-13-16(7-10-18(14)32-4)21(27)19-20(15-5-8-17(9-6-15)26(30)31)25(12-11-24(2)3)23(29)22(19)28/h5-10,13,20,27H,11-12H2,1-4H3/b21-19+/t20-/m0/s1. The summed E-state index contributed by atoms with van der Waals surface area (Å²) in [4.78, 5) is 39.7. The molecular formula is C23H25N3O6. The van der Waals surface area contributed by atoms with Crippen molar-refractivity contribution in [1.29, 1.82) is 0 Å². The summed E-state index contributed by atoms with van der Waals surface area (Å²) in [7, 11) is 5.22. The van der Waals surface area contributed by atoms with E-state index < -0.39 is 22.7 Å². The summed E-state index contributed by atoms with van der Waals surface area (Å²) in [6, 6.07) is 9.74. The molecule has 0 aromatic heterocycles. The van der Waals surface area contributed by atoms with Gasteiger partial charge < -0.3 is 19.6 Å². The number of likely N-dealkylation sites (N-methyl/N-ethyl adjacent to an activating group) is 1. The van der Waals surface area contributed by atoms with Crippen LogP contribution in [0.15, 0.2) is 48.0 Å². The number of non-ortho nitro benzene ring substituents is 1. The molecule has 0 spiro atoms. The summed E-state index contributed by atoms with van der Waals surface area (Å²) in [6.45, 7) is 2.55. The molecule has 1 N–H and O–H groups in total. The molecule has 1 atom stereocenters. The number of aryl methyl sites for hydroxylation is 1. The van der Waals surface area contributed by atoms with Crippen molar-refractivity contribution < 1.29 is 24.4 Å². The molecule has 168 valence electrons. The summed E-state index contributed by atoms with van der Waals surface area (Å²) in [5.41, 5.74) is 1.48. The number of nitro benzene ring substituents is 1. The Hall–Kier alpha value is -3.72. The number of methoxy groups -OCH3 is 1. The monoisotopic (exact) mass is 439 g/mol. The molecule has 0 radical (unpaired) electrons. The number of nitrogens with zero attached hydrogens (tertiary/aromatic N) is 3. The molecular weight excluding hydrogens is 414 g/mol. The van der Waals surface area contributed by atoms with Crippen LogP contribution in [0.25, 0.3) is 5.76 Å². The van der Waals surface area contributed by atoms with Crippen LogP contribution in [0.4, 0.5) is 5.69 Å². The number of carbonyl (C=O) groups is 2. The van der Waals surface area contributed by atoms with Gasteiger partial charge in [-0.3, -0.25) is 19.7 Å². The number of aliphatic hydroxyl groups excluding tert-OH is 1. The first-order chi connectivity index (χ1) is 15.1. The van der Waals surface area contributed by atoms with Gasteiger partial charge >= 0.3 is 0 Å². The van der Waals surface area contributed by atoms with Crippen LogP contribution in [0.5, 0.6) is 5.75 Å². The second-order valence-electron chi connectivity index (χ2n) is 7.83. The Balaban J connectivity index is 2.15. The number of amides is 1. The summed E-state index contributed by atoms with van der Waals surface area (Å²) >= 11 is 0. The topological polar surface area (TPSA) is 113 Å². The average molecular weight is 439 g/mol. The molecule has 1 saturated heterocycles. The fourth-order valence-electron chi connectivity index (χ4n) is 3.72. The van der Waals surface area contributed by atoms with E-state index in [0.717, 1.165) is 5.56 Å². The van der Waals surface area contributed by atoms with Crippen LogP contribution >= 0.6 is 0 Å². The first-order valence-electron chi connectivity index (χ1n) is 9.98. The number of likely N-dealkylation sites (tertiary alicyclic amines) is 1. The highest BCUT2D eigenvalue weighted by atomic mass is 16.6. The van der Waals surface area contributed by atoms with Crippen LogP contribution in [-0.2, 0) is 9.59 Å². The van der Waals surface area contributed by atoms with Crippen LogP contribution in [0.3, 0.4) is 0 Å². The Morgan fingerprint density at radius 3 is 2.38 bits per heavy atom. The maximum absolute atomic E-state index is 13.0. The Bertz CT molecular complexity index is 1090. The fraction of sp³-hybridized carbons (Fsp3) is 0.304. The molecule has 0 saturated carbocycles. The van der Waals surface area contributed by atoms with Gasteiger partial charge in [-0.25, -0.2) is 0 Å². The molecule has 2 aromatic carbocycles. The lowest BCUT2D eigenvalue weighted by molar-refractivity contribution is -0.384. The molecule has 2 aromatic rings. The molecule has 1 heterocycles. The van der Waals surface area contributed by atoms with E-state index in [9.17, 15) is 24.8 Å². The van der Waals surface area contributed by atoms with Crippen molar-refractivity contribution in [3.05, 3.63) is 74.8 Å². The highest BCUT2D eigenvalue weighted by Crippen LogP contribution is 2.40. The highest BCUT2D eigenvalue weighted by Gasteiger charge is 2.46. The molecule has 0 aliphatic carbocycles. The maximum Gasteiger partial charge on any atom is 0.295 e. The number of benzene rings is 2. The van der Waals surface area contributed by atoms with Crippen LogP contribution in [0.1, 0.15) is 22.7 Å². The number of ether oxygens (including phenoxy) is 1. The van der Waals surface area contributed by atoms with E-state index in [1.54, 1.807) is 25.1 Å². The van der Waals surface area contributed by atoms with Gasteiger partial charge in [0.15, 0.2) is 0 Å². The van der Waals surface area contributed by atoms with E-state index in [2.05, 4.69) is 0 Å². The third-order valence-corrected chi connectivity index (χ3v) is 5.42. The quantitative estimate of drug-likeness (QED) is 0.232. The summed E-state index contributed by atoms with van der Waals surface area (Å²) in [6.07, 6.45) is 0. The van der Waals surface area contributed by atoms with E-state index in [4.69, 9.17) is 4.74 Å². The Morgan fingerprint density at radius 1 is 1.19 bits per heavy atom. The molecule has 9 heteroatoms. The summed E-state index contributed by atoms with van der Waals surface area (Å²) in [5.74, 6) is -1.19. The number of Topliss-reactive ketones (excluding diaryl/α,β-unsaturated/α-hetero) is 1. The molecule has 32 heavy (non-hydrogen) atoms. The summed E-state index contributed by atoms with van der Waals surface area (Å²) < 4.78 is 5.25. The van der Waals surface area contributed by atoms with E-state index in [1.807, 2.05) is 19.0 Å². The zero-order chi connectivity index (χ0) is 23.6. The molecule has 1 amide bonds. The van der Waals surface area contributed by atoms with Crippen molar-refractivity contribution in [3.8, 4) is 5.75 Å². The van der Waals surface area contributed by atoms with Gasteiger partial charge in [0, 0.05) is 30.8 Å². The van der Waals surface area contributed by atoms with Crippen molar-refractivity contribution in [3.63, 3.8) is 0 Å². The maximum atomic E-state index is 13.0. The number of hydrogen-bond donors (Lipinski definition) is 1. The SMILES string of the molecule is COc1ccc(/C(O)=C2\C(=O)C(=O)N(CCN(C)C)[C@H]2c2ccc([N+](=O)[O-])cc2)cc1C. The minimum atomic E-state index is -0.863. The Labute approximate surface area is 185 Å². The van der Waals surface area contributed by atoms with Gasteiger partial charge in [0.1, 0.15) is 11.5 Å². The van der Waals surface area contributed by atoms with E-state index in [0.29, 0.717) is 23.4 Å². The van der Waals surface area contributed by atoms with Gasteiger partial charge in [0.25, 0.3) is 17.4 Å². The van der Waals surface area contributed by atoms with Gasteiger partial charge in [0.2, 0.25) is 0 Å². The van der Waals surface area contributed by atoms with E-state index >= 15 is 0 Å². The zero-order valence-corrected chi connectivity index (χ0v) is 18.4. The smallest absolute Gasteiger partial charge is 0.295 e. The average Bonchev–Trinajstić information content (AvgIpc) is 3.01. The Kier molecular flexibility index (Phi) is 6.59. The third kappa shape index (κ3) is 4.33. The lowest BCUT2D eigenvalue weighted by Crippen LogP contribution is -2.35. The third-order valence-electron chi connectivity index (χ3n) is 5.42. The predicted molar refractivity (Wildman–Crippen MR) is 118 cm³/mol. The van der Waals surface area contributed by atoms with Crippen molar-refractivity contribution in [1.82, 2.24) is 9.80 Å². The fourth-order valence-corrected chi connectivity index (χ4v) is 3.72. The Morgan fingerprint density at radius 2 is 1.84 bits per heavy atom. The van der Waals surface area contributed by atoms with Gasteiger partial charge in [-0.1, -0.05) is 0 Å². The molecule has 9 nitrogen and oxygen atoms in total. The number of carbonyl (C=O) groups excluding carboxylic acids is 2. The van der Waals surface area contributed by atoms with Crippen LogP contribution in [0.2, 0.25) is 0 Å². The highest BCUT2D eigenvalue weighted by molar-refractivity contribution is 6.46. The lowest BCUT2D eigenvalue weighted by Gasteiger charge is -2.26. The van der Waals surface area contributed by atoms with Gasteiger partial charge in [-0.05, 0) is 62.5 Å². The number of aliphatic hydroxyl groups is 1. The predicted octanol–water partition coefficient (Wildman–Crippen LogP) is 2.90. The summed E-state index contributed by atoms with van der Waals surface area (Å²) in [5, 5.41) is 22.1. The molecule has 1 aliphatic rings. The number of ketones is 1. The van der Waals surface area contributed by atoms with Crippen molar-refractivity contribution >= 4 is 23.1 Å². The van der Waals surface area contributed by atoms with Crippen LogP contribution in [0, 0.1) is 17.0 Å². The van der Waals surface area contributed by atoms with Crippen LogP contribution in [-0.4, -0.2) is 65.8 Å². The lowest BCUT2D eigenvalue weighted by atomic mass is 9.94. The van der Waals surface area contributed by atoms with Crippen molar-refractivity contribution in [2.45, 2.75) is 13.0 Å². The molecule has 1 aliphatic heterocycles. The number of nitro groups is 1. The van der Waals surface area contributed by atoms with E-state index in [-0.39, 0.29) is 23.6 Å². The second-order valence-corrected chi connectivity index (χ2v) is 7.83. The van der Waals surface area contributed by atoms with E-state index in [1.165, 1.54) is 36.3 Å². The van der Waals surface area contributed by atoms with Crippen LogP contribution < -0.4 is 4.74 Å². The van der Waals surface area contributed by atoms with Crippen molar-refractivity contribution in [2.75, 3.05) is 34.3 Å². The number of rotatable bonds is 7. The van der Waals surface area contributed by atoms with Gasteiger partial charge in [0.05, 0.1) is 23.6 Å².